The van der Waals surface area contributed by atoms with Gasteiger partial charge in [-0.25, -0.2) is 0 Å². The van der Waals surface area contributed by atoms with Crippen molar-refractivity contribution in [3.63, 3.8) is 0 Å². The van der Waals surface area contributed by atoms with E-state index in [1.54, 1.807) is 6.20 Å². The van der Waals surface area contributed by atoms with Crippen molar-refractivity contribution in [2.45, 2.75) is 12.8 Å². The minimum absolute atomic E-state index is 0.173. The number of nitrogens with zero attached hydrogens (tertiary/aromatic N) is 1. The number of hydrogen-bond acceptors (Lipinski definition) is 3. The number of aromatic nitrogens is 1. The van der Waals surface area contributed by atoms with E-state index < -0.39 is 6.36 Å². The maximum atomic E-state index is 11.6. The van der Waals surface area contributed by atoms with Crippen LogP contribution in [0.25, 0.3) is 0 Å². The minimum Gasteiger partial charge on any atom is -0.314 e. The lowest BCUT2D eigenvalue weighted by molar-refractivity contribution is -0.323. The third kappa shape index (κ3) is 6.36. The maximum Gasteiger partial charge on any atom is 0.522 e. The first-order chi connectivity index (χ1) is 7.58. The molecule has 16 heavy (non-hydrogen) atoms. The molecule has 0 aliphatic heterocycles. The molecule has 1 rings (SSSR count). The lowest BCUT2D eigenvalue weighted by Gasteiger charge is -2.07. The van der Waals surface area contributed by atoms with Gasteiger partial charge >= 0.3 is 6.36 Å². The molecule has 90 valence electrons. The molecule has 0 aliphatic carbocycles. The molecule has 6 heteroatoms. The second-order valence-electron chi connectivity index (χ2n) is 3.12. The lowest BCUT2D eigenvalue weighted by Crippen LogP contribution is -2.25. The summed E-state index contributed by atoms with van der Waals surface area (Å²) < 4.78 is 38.3. The molecule has 1 N–H and O–H groups in total. The summed E-state index contributed by atoms with van der Waals surface area (Å²) in [5.74, 6) is 0. The highest BCUT2D eigenvalue weighted by Gasteiger charge is 2.28. The number of nitrogens with one attached hydrogen (secondary N) is 1. The van der Waals surface area contributed by atoms with Crippen LogP contribution in [0.1, 0.15) is 5.69 Å². The Kier molecular flexibility index (Phi) is 5.21. The van der Waals surface area contributed by atoms with Crippen LogP contribution in [0.2, 0.25) is 0 Å². The quantitative estimate of drug-likeness (QED) is 0.761. The molecule has 1 aromatic heterocycles. The summed E-state index contributed by atoms with van der Waals surface area (Å²) in [4.78, 5) is 4.08. The second-order valence-corrected chi connectivity index (χ2v) is 3.12. The first-order valence-corrected chi connectivity index (χ1v) is 4.89. The number of ether oxygens (including phenoxy) is 1. The van der Waals surface area contributed by atoms with Gasteiger partial charge in [-0.3, -0.25) is 9.72 Å². The average molecular weight is 234 g/mol. The van der Waals surface area contributed by atoms with E-state index >= 15 is 0 Å². The fourth-order valence-corrected chi connectivity index (χ4v) is 1.13. The van der Waals surface area contributed by atoms with Crippen LogP contribution >= 0.6 is 0 Å². The monoisotopic (exact) mass is 234 g/mol. The van der Waals surface area contributed by atoms with Gasteiger partial charge in [-0.15, -0.1) is 13.2 Å². The van der Waals surface area contributed by atoms with E-state index in [-0.39, 0.29) is 13.2 Å². The minimum atomic E-state index is -4.54. The van der Waals surface area contributed by atoms with Gasteiger partial charge in [0.2, 0.25) is 0 Å². The predicted octanol–water partition coefficient (Wildman–Crippen LogP) is 1.75. The van der Waals surface area contributed by atoms with Crippen LogP contribution in [0.3, 0.4) is 0 Å². The molecule has 0 aliphatic rings. The summed E-state index contributed by atoms with van der Waals surface area (Å²) in [5, 5.41) is 2.84. The fraction of sp³-hybridized carbons (Fsp3) is 0.500. The zero-order valence-electron chi connectivity index (χ0n) is 8.63. The molecule has 0 saturated carbocycles. The van der Waals surface area contributed by atoms with Crippen molar-refractivity contribution in [3.05, 3.63) is 30.1 Å². The molecule has 0 saturated heterocycles. The zero-order chi connectivity index (χ0) is 11.9. The van der Waals surface area contributed by atoms with Crippen LogP contribution in [0.15, 0.2) is 24.4 Å². The van der Waals surface area contributed by atoms with Gasteiger partial charge in [0.05, 0.1) is 6.61 Å². The summed E-state index contributed by atoms with van der Waals surface area (Å²) >= 11 is 0. The van der Waals surface area contributed by atoms with Gasteiger partial charge in [-0.05, 0) is 12.1 Å². The van der Waals surface area contributed by atoms with Crippen molar-refractivity contribution in [2.24, 2.45) is 0 Å². The van der Waals surface area contributed by atoms with Crippen LogP contribution in [-0.4, -0.2) is 31.0 Å². The highest BCUT2D eigenvalue weighted by atomic mass is 19.4. The molecule has 0 aromatic carbocycles. The molecule has 0 unspecified atom stereocenters. The van der Waals surface area contributed by atoms with E-state index in [0.717, 1.165) is 5.69 Å². The van der Waals surface area contributed by atoms with Crippen molar-refractivity contribution < 1.29 is 17.9 Å². The van der Waals surface area contributed by atoms with Crippen molar-refractivity contribution >= 4 is 0 Å². The van der Waals surface area contributed by atoms with E-state index in [4.69, 9.17) is 0 Å². The fourth-order valence-electron chi connectivity index (χ4n) is 1.13. The molecule has 0 fully saturated rings. The highest BCUT2D eigenvalue weighted by molar-refractivity contribution is 5.03. The molecule has 0 amide bonds. The predicted molar refractivity (Wildman–Crippen MR) is 52.8 cm³/mol. The molecular formula is C10H13F3N2O. The summed E-state index contributed by atoms with van der Waals surface area (Å²) in [7, 11) is 0. The number of pyridine rings is 1. The van der Waals surface area contributed by atoms with E-state index in [1.165, 1.54) is 0 Å². The maximum absolute atomic E-state index is 11.6. The van der Waals surface area contributed by atoms with Crippen LogP contribution in [0.4, 0.5) is 13.2 Å². The topological polar surface area (TPSA) is 34.1 Å². The van der Waals surface area contributed by atoms with Crippen molar-refractivity contribution in [2.75, 3.05) is 19.7 Å². The molecule has 0 atom stereocenters. The standard InChI is InChI=1S/C10H13F3N2O/c11-10(12,13)16-8-7-14-6-4-9-3-1-2-5-15-9/h1-3,5,14H,4,6-8H2. The molecule has 1 aromatic rings. The average Bonchev–Trinajstić information content (AvgIpc) is 2.23. The van der Waals surface area contributed by atoms with Gasteiger partial charge in [0.15, 0.2) is 0 Å². The Morgan fingerprint density at radius 1 is 1.25 bits per heavy atom. The Hall–Kier alpha value is -1.14. The van der Waals surface area contributed by atoms with Gasteiger partial charge in [-0.1, -0.05) is 6.07 Å². The summed E-state index contributed by atoms with van der Waals surface area (Å²) in [5.41, 5.74) is 0.909. The second kappa shape index (κ2) is 6.44. The molecule has 3 nitrogen and oxygen atoms in total. The van der Waals surface area contributed by atoms with Crippen LogP contribution < -0.4 is 5.32 Å². The van der Waals surface area contributed by atoms with Crippen molar-refractivity contribution in [1.29, 1.82) is 0 Å². The Balaban J connectivity index is 2.01. The van der Waals surface area contributed by atoms with Crippen LogP contribution in [-0.2, 0) is 11.2 Å². The van der Waals surface area contributed by atoms with Crippen LogP contribution in [0.5, 0.6) is 0 Å². The third-order valence-electron chi connectivity index (χ3n) is 1.83. The van der Waals surface area contributed by atoms with Gasteiger partial charge in [-0.2, -0.15) is 0 Å². The highest BCUT2D eigenvalue weighted by Crippen LogP contribution is 2.14. The molecule has 0 bridgehead atoms. The van der Waals surface area contributed by atoms with Gasteiger partial charge < -0.3 is 5.32 Å². The summed E-state index contributed by atoms with van der Waals surface area (Å²) in [6, 6.07) is 5.55. The first-order valence-electron chi connectivity index (χ1n) is 4.89. The lowest BCUT2D eigenvalue weighted by atomic mass is 10.3. The van der Waals surface area contributed by atoms with E-state index in [2.05, 4.69) is 15.0 Å². The van der Waals surface area contributed by atoms with E-state index in [0.29, 0.717) is 13.0 Å². The van der Waals surface area contributed by atoms with E-state index in [1.807, 2.05) is 18.2 Å². The van der Waals surface area contributed by atoms with Gasteiger partial charge in [0, 0.05) is 31.4 Å². The Morgan fingerprint density at radius 3 is 2.69 bits per heavy atom. The summed E-state index contributed by atoms with van der Waals surface area (Å²) in [6.45, 7) is 0.385. The number of halogens is 3. The van der Waals surface area contributed by atoms with Crippen molar-refractivity contribution in [1.82, 2.24) is 10.3 Å². The smallest absolute Gasteiger partial charge is 0.314 e. The largest absolute Gasteiger partial charge is 0.522 e. The Morgan fingerprint density at radius 2 is 2.06 bits per heavy atom. The third-order valence-corrected chi connectivity index (χ3v) is 1.83. The number of alkyl halides is 3. The first kappa shape index (κ1) is 12.9. The van der Waals surface area contributed by atoms with Crippen LogP contribution in [0, 0.1) is 0 Å². The van der Waals surface area contributed by atoms with Crippen molar-refractivity contribution in [3.8, 4) is 0 Å². The van der Waals surface area contributed by atoms with Gasteiger partial charge in [0.25, 0.3) is 0 Å². The zero-order valence-corrected chi connectivity index (χ0v) is 8.63. The Bertz CT molecular complexity index is 290. The van der Waals surface area contributed by atoms with Gasteiger partial charge in [0.1, 0.15) is 0 Å². The SMILES string of the molecule is FC(F)(F)OCCNCCc1ccccn1. The Labute approximate surface area is 91.6 Å². The molecular weight excluding hydrogens is 221 g/mol. The summed E-state index contributed by atoms with van der Waals surface area (Å²) in [6.07, 6.45) is -2.17. The normalized spacial score (nSPS) is 11.7. The molecule has 0 spiro atoms. The molecule has 0 radical (unpaired) electrons. The molecule has 1 heterocycles. The number of rotatable bonds is 6. The van der Waals surface area contributed by atoms with E-state index in [9.17, 15) is 13.2 Å². The number of hydrogen-bond donors (Lipinski definition) is 1.